The second-order valence-corrected chi connectivity index (χ2v) is 4.57. The molecule has 4 heteroatoms. The number of hydrogen-bond donors (Lipinski definition) is 0. The predicted octanol–water partition coefficient (Wildman–Crippen LogP) is 4.53. The number of non-ortho nitro benzene ring substituents is 1. The Hall–Kier alpha value is -1.87. The Labute approximate surface area is 110 Å². The summed E-state index contributed by atoms with van der Waals surface area (Å²) in [4.78, 5) is 10.3. The number of nitro benzene ring substituents is 1. The molecular weight excluding hydrogens is 250 g/mol. The SMILES string of the molecule is Cc1cc([N+](=O)[O-])ccc1-c1cccc(C)c1Cl. The fraction of sp³-hybridized carbons (Fsp3) is 0.143. The van der Waals surface area contributed by atoms with Gasteiger partial charge in [-0.1, -0.05) is 29.8 Å². The van der Waals surface area contributed by atoms with E-state index in [9.17, 15) is 10.1 Å². The van der Waals surface area contributed by atoms with Crippen molar-refractivity contribution in [2.24, 2.45) is 0 Å². The van der Waals surface area contributed by atoms with E-state index in [4.69, 9.17) is 11.6 Å². The van der Waals surface area contributed by atoms with Crippen molar-refractivity contribution in [1.29, 1.82) is 0 Å². The predicted molar refractivity (Wildman–Crippen MR) is 73.0 cm³/mol. The zero-order valence-electron chi connectivity index (χ0n) is 10.1. The summed E-state index contributed by atoms with van der Waals surface area (Å²) in [6, 6.07) is 10.6. The minimum absolute atomic E-state index is 0.0972. The summed E-state index contributed by atoms with van der Waals surface area (Å²) in [5.41, 5.74) is 3.77. The Morgan fingerprint density at radius 3 is 2.39 bits per heavy atom. The van der Waals surface area contributed by atoms with Gasteiger partial charge in [-0.2, -0.15) is 0 Å². The highest BCUT2D eigenvalue weighted by Crippen LogP contribution is 2.33. The molecule has 0 aliphatic carbocycles. The largest absolute Gasteiger partial charge is 0.269 e. The van der Waals surface area contributed by atoms with Crippen LogP contribution in [0.2, 0.25) is 5.02 Å². The topological polar surface area (TPSA) is 43.1 Å². The fourth-order valence-corrected chi connectivity index (χ4v) is 2.15. The number of nitrogens with zero attached hydrogens (tertiary/aromatic N) is 1. The van der Waals surface area contributed by atoms with Crippen LogP contribution in [-0.4, -0.2) is 4.92 Å². The van der Waals surface area contributed by atoms with Crippen LogP contribution in [0.4, 0.5) is 5.69 Å². The minimum Gasteiger partial charge on any atom is -0.258 e. The maximum Gasteiger partial charge on any atom is 0.269 e. The van der Waals surface area contributed by atoms with E-state index in [0.29, 0.717) is 5.02 Å². The summed E-state index contributed by atoms with van der Waals surface area (Å²) in [6.07, 6.45) is 0. The molecule has 0 amide bonds. The Bertz CT molecular complexity index is 623. The lowest BCUT2D eigenvalue weighted by atomic mass is 9.98. The van der Waals surface area contributed by atoms with Crippen LogP contribution in [0.25, 0.3) is 11.1 Å². The highest BCUT2D eigenvalue weighted by Gasteiger charge is 2.12. The molecule has 3 nitrogen and oxygen atoms in total. The second kappa shape index (κ2) is 4.78. The summed E-state index contributed by atoms with van der Waals surface area (Å²) in [5, 5.41) is 11.4. The average molecular weight is 262 g/mol. The van der Waals surface area contributed by atoms with Crippen molar-refractivity contribution < 1.29 is 4.92 Å². The van der Waals surface area contributed by atoms with E-state index < -0.39 is 4.92 Å². The minimum atomic E-state index is -0.394. The van der Waals surface area contributed by atoms with Gasteiger partial charge in [0.25, 0.3) is 5.69 Å². The van der Waals surface area contributed by atoms with E-state index in [1.165, 1.54) is 6.07 Å². The van der Waals surface area contributed by atoms with Gasteiger partial charge in [0.05, 0.1) is 9.95 Å². The Kier molecular flexibility index (Phi) is 3.34. The van der Waals surface area contributed by atoms with Gasteiger partial charge >= 0.3 is 0 Å². The van der Waals surface area contributed by atoms with Crippen LogP contribution in [0.1, 0.15) is 11.1 Å². The molecule has 0 spiro atoms. The molecule has 0 bridgehead atoms. The van der Waals surface area contributed by atoms with E-state index >= 15 is 0 Å². The highest BCUT2D eigenvalue weighted by atomic mass is 35.5. The van der Waals surface area contributed by atoms with Crippen LogP contribution >= 0.6 is 11.6 Å². The Balaban J connectivity index is 2.58. The van der Waals surface area contributed by atoms with E-state index in [-0.39, 0.29) is 5.69 Å². The zero-order valence-corrected chi connectivity index (χ0v) is 10.9. The molecule has 2 aromatic carbocycles. The molecule has 0 N–H and O–H groups in total. The van der Waals surface area contributed by atoms with Gasteiger partial charge in [0, 0.05) is 17.7 Å². The zero-order chi connectivity index (χ0) is 13.3. The number of nitro groups is 1. The van der Waals surface area contributed by atoms with Crippen molar-refractivity contribution in [3.8, 4) is 11.1 Å². The summed E-state index contributed by atoms with van der Waals surface area (Å²) in [7, 11) is 0. The van der Waals surface area contributed by atoms with Crippen LogP contribution in [-0.2, 0) is 0 Å². The van der Waals surface area contributed by atoms with Gasteiger partial charge in [0.2, 0.25) is 0 Å². The number of aryl methyl sites for hydroxylation is 2. The normalized spacial score (nSPS) is 10.4. The third kappa shape index (κ3) is 2.22. The van der Waals surface area contributed by atoms with Gasteiger partial charge in [-0.3, -0.25) is 10.1 Å². The van der Waals surface area contributed by atoms with Gasteiger partial charge in [0.1, 0.15) is 0 Å². The lowest BCUT2D eigenvalue weighted by Crippen LogP contribution is -1.91. The van der Waals surface area contributed by atoms with Crippen LogP contribution in [0.5, 0.6) is 0 Å². The molecule has 0 aliphatic heterocycles. The van der Waals surface area contributed by atoms with Crippen molar-refractivity contribution in [3.05, 3.63) is 62.7 Å². The van der Waals surface area contributed by atoms with Gasteiger partial charge in [-0.25, -0.2) is 0 Å². The molecule has 0 atom stereocenters. The molecule has 0 radical (unpaired) electrons. The summed E-state index contributed by atoms with van der Waals surface area (Å²) in [5.74, 6) is 0. The number of benzene rings is 2. The number of hydrogen-bond acceptors (Lipinski definition) is 2. The van der Waals surface area contributed by atoms with Gasteiger partial charge in [-0.05, 0) is 36.6 Å². The maximum atomic E-state index is 10.7. The summed E-state index contributed by atoms with van der Waals surface area (Å²) >= 11 is 6.27. The second-order valence-electron chi connectivity index (χ2n) is 4.19. The molecule has 2 rings (SSSR count). The first kappa shape index (κ1) is 12.6. The Morgan fingerprint density at radius 2 is 1.78 bits per heavy atom. The van der Waals surface area contributed by atoms with E-state index in [2.05, 4.69) is 0 Å². The summed E-state index contributed by atoms with van der Waals surface area (Å²) in [6.45, 7) is 3.79. The van der Waals surface area contributed by atoms with E-state index in [1.54, 1.807) is 12.1 Å². The van der Waals surface area contributed by atoms with Crippen molar-refractivity contribution in [3.63, 3.8) is 0 Å². The van der Waals surface area contributed by atoms with Crippen LogP contribution in [0, 0.1) is 24.0 Å². The molecule has 0 unspecified atom stereocenters. The van der Waals surface area contributed by atoms with E-state index in [0.717, 1.165) is 22.3 Å². The molecule has 0 aromatic heterocycles. The molecule has 0 saturated heterocycles. The maximum absolute atomic E-state index is 10.7. The van der Waals surface area contributed by atoms with Crippen LogP contribution in [0.3, 0.4) is 0 Å². The third-order valence-corrected chi connectivity index (χ3v) is 3.40. The highest BCUT2D eigenvalue weighted by molar-refractivity contribution is 6.34. The molecule has 0 fully saturated rings. The standard InChI is InChI=1S/C14H12ClNO2/c1-9-4-3-5-13(14(9)15)12-7-6-11(16(17)18)8-10(12)2/h3-8H,1-2H3. The first-order valence-electron chi connectivity index (χ1n) is 5.51. The molecule has 2 aromatic rings. The fourth-order valence-electron chi connectivity index (χ4n) is 1.92. The smallest absolute Gasteiger partial charge is 0.258 e. The number of rotatable bonds is 2. The van der Waals surface area contributed by atoms with Crippen molar-refractivity contribution in [2.45, 2.75) is 13.8 Å². The van der Waals surface area contributed by atoms with Crippen molar-refractivity contribution >= 4 is 17.3 Å². The first-order valence-corrected chi connectivity index (χ1v) is 5.89. The van der Waals surface area contributed by atoms with E-state index in [1.807, 2.05) is 32.0 Å². The molecule has 0 aliphatic rings. The molecular formula is C14H12ClNO2. The summed E-state index contributed by atoms with van der Waals surface area (Å²) < 4.78 is 0. The van der Waals surface area contributed by atoms with Crippen molar-refractivity contribution in [1.82, 2.24) is 0 Å². The molecule has 92 valence electrons. The van der Waals surface area contributed by atoms with Crippen molar-refractivity contribution in [2.75, 3.05) is 0 Å². The number of halogens is 1. The molecule has 0 saturated carbocycles. The third-order valence-electron chi connectivity index (χ3n) is 2.90. The van der Waals surface area contributed by atoms with Crippen LogP contribution in [0.15, 0.2) is 36.4 Å². The molecule has 18 heavy (non-hydrogen) atoms. The van der Waals surface area contributed by atoms with Gasteiger partial charge < -0.3 is 0 Å². The van der Waals surface area contributed by atoms with Gasteiger partial charge in [0.15, 0.2) is 0 Å². The Morgan fingerprint density at radius 1 is 1.06 bits per heavy atom. The lowest BCUT2D eigenvalue weighted by Gasteiger charge is -2.09. The average Bonchev–Trinajstić information content (AvgIpc) is 2.33. The molecule has 0 heterocycles. The van der Waals surface area contributed by atoms with Crippen LogP contribution < -0.4 is 0 Å². The van der Waals surface area contributed by atoms with Gasteiger partial charge in [-0.15, -0.1) is 0 Å². The lowest BCUT2D eigenvalue weighted by molar-refractivity contribution is -0.384. The quantitative estimate of drug-likeness (QED) is 0.589. The monoisotopic (exact) mass is 261 g/mol. The first-order chi connectivity index (χ1) is 8.50.